The highest BCUT2D eigenvalue weighted by molar-refractivity contribution is 5.30. The Kier molecular flexibility index (Phi) is 8.12. The Morgan fingerprint density at radius 2 is 1.55 bits per heavy atom. The van der Waals surface area contributed by atoms with Gasteiger partial charge >= 0.3 is 0 Å². The summed E-state index contributed by atoms with van der Waals surface area (Å²) in [6, 6.07) is 12.3. The molecule has 1 heterocycles. The maximum atomic E-state index is 13.3. The third-order valence-corrected chi connectivity index (χ3v) is 5.46. The summed E-state index contributed by atoms with van der Waals surface area (Å²) in [5, 5.41) is 19.8. The summed E-state index contributed by atoms with van der Waals surface area (Å²) >= 11 is 0. The van der Waals surface area contributed by atoms with Crippen LogP contribution in [-0.2, 0) is 4.74 Å². The van der Waals surface area contributed by atoms with Crippen molar-refractivity contribution >= 4 is 0 Å². The molecule has 2 N–H and O–H groups in total. The highest BCUT2D eigenvalue weighted by Gasteiger charge is 2.25. The molecule has 158 valence electrons. The summed E-state index contributed by atoms with van der Waals surface area (Å²) in [4.78, 5) is 2.22. The minimum atomic E-state index is -0.697. The number of aliphatic hydroxyl groups excluding tert-OH is 2. The van der Waals surface area contributed by atoms with E-state index in [9.17, 15) is 19.0 Å². The molecule has 29 heavy (non-hydrogen) atoms. The van der Waals surface area contributed by atoms with E-state index in [4.69, 9.17) is 4.74 Å². The third-order valence-electron chi connectivity index (χ3n) is 5.46. The quantitative estimate of drug-likeness (QED) is 0.669. The van der Waals surface area contributed by atoms with E-state index < -0.39 is 12.2 Å². The standard InChI is InChI=1S/C23H29F2NO3/c24-19-8-4-17(5-9-19)23(18-6-10-20(25)11-7-18)29-16-22(28)15-26-13-2-1-3-21(26)12-14-27/h4-11,21-23,27-28H,1-3,12-16H2/t21-,22+/m1/s1. The summed E-state index contributed by atoms with van der Waals surface area (Å²) in [5.41, 5.74) is 1.47. The predicted octanol–water partition coefficient (Wildman–Crippen LogP) is 3.67. The maximum absolute atomic E-state index is 13.3. The molecule has 2 aromatic rings. The summed E-state index contributed by atoms with van der Waals surface area (Å²) in [6.45, 7) is 1.62. The minimum Gasteiger partial charge on any atom is -0.396 e. The van der Waals surface area contributed by atoms with Gasteiger partial charge in [0.15, 0.2) is 0 Å². The van der Waals surface area contributed by atoms with Gasteiger partial charge in [0.05, 0.1) is 12.7 Å². The molecule has 2 aromatic carbocycles. The van der Waals surface area contributed by atoms with Crippen molar-refractivity contribution in [2.45, 2.75) is 43.9 Å². The van der Waals surface area contributed by atoms with E-state index in [2.05, 4.69) is 4.90 Å². The lowest BCUT2D eigenvalue weighted by Gasteiger charge is -2.36. The molecule has 0 spiro atoms. The number of benzene rings is 2. The van der Waals surface area contributed by atoms with Gasteiger partial charge in [-0.2, -0.15) is 0 Å². The fourth-order valence-electron chi connectivity index (χ4n) is 3.97. The molecule has 3 rings (SSSR count). The molecular formula is C23H29F2NO3. The van der Waals surface area contributed by atoms with Crippen molar-refractivity contribution in [3.63, 3.8) is 0 Å². The normalized spacial score (nSPS) is 18.9. The summed E-state index contributed by atoms with van der Waals surface area (Å²) in [7, 11) is 0. The van der Waals surface area contributed by atoms with E-state index in [-0.39, 0.29) is 30.9 Å². The molecule has 4 nitrogen and oxygen atoms in total. The molecular weight excluding hydrogens is 376 g/mol. The molecule has 0 amide bonds. The molecule has 0 aliphatic carbocycles. The number of ether oxygens (including phenoxy) is 1. The number of likely N-dealkylation sites (tertiary alicyclic amines) is 1. The van der Waals surface area contributed by atoms with Crippen LogP contribution in [-0.4, -0.2) is 53.6 Å². The Morgan fingerprint density at radius 3 is 2.10 bits per heavy atom. The van der Waals surface area contributed by atoms with Crippen LogP contribution in [0.2, 0.25) is 0 Å². The summed E-state index contributed by atoms with van der Waals surface area (Å²) in [5.74, 6) is -0.682. The topological polar surface area (TPSA) is 52.9 Å². The Labute approximate surface area is 170 Å². The van der Waals surface area contributed by atoms with Gasteiger partial charge in [-0.15, -0.1) is 0 Å². The highest BCUT2D eigenvalue weighted by Crippen LogP contribution is 2.27. The van der Waals surface area contributed by atoms with Crippen LogP contribution in [0.4, 0.5) is 8.78 Å². The zero-order chi connectivity index (χ0) is 20.6. The van der Waals surface area contributed by atoms with Crippen LogP contribution in [0.3, 0.4) is 0 Å². The second kappa shape index (κ2) is 10.8. The number of nitrogens with zero attached hydrogens (tertiary/aromatic N) is 1. The van der Waals surface area contributed by atoms with Crippen LogP contribution in [0.15, 0.2) is 48.5 Å². The van der Waals surface area contributed by atoms with Gasteiger partial charge in [-0.3, -0.25) is 4.90 Å². The van der Waals surface area contributed by atoms with Crippen molar-refractivity contribution in [3.05, 3.63) is 71.3 Å². The molecule has 0 bridgehead atoms. The molecule has 2 atom stereocenters. The van der Waals surface area contributed by atoms with Gasteiger partial charge in [0, 0.05) is 19.2 Å². The SMILES string of the molecule is OCC[C@H]1CCCCN1C[C@H](O)COC(c1ccc(F)cc1)c1ccc(F)cc1. The van der Waals surface area contributed by atoms with Gasteiger partial charge in [-0.25, -0.2) is 8.78 Å². The third kappa shape index (κ3) is 6.31. The maximum Gasteiger partial charge on any atom is 0.123 e. The van der Waals surface area contributed by atoms with Gasteiger partial charge in [-0.1, -0.05) is 30.7 Å². The van der Waals surface area contributed by atoms with Gasteiger partial charge in [0.1, 0.15) is 17.7 Å². The number of piperidine rings is 1. The number of rotatable bonds is 9. The Bertz CT molecular complexity index is 691. The first-order valence-corrected chi connectivity index (χ1v) is 10.2. The van der Waals surface area contributed by atoms with E-state index in [1.54, 1.807) is 24.3 Å². The van der Waals surface area contributed by atoms with Crippen LogP contribution < -0.4 is 0 Å². The molecule has 1 fully saturated rings. The van der Waals surface area contributed by atoms with Crippen molar-refractivity contribution in [2.24, 2.45) is 0 Å². The fraction of sp³-hybridized carbons (Fsp3) is 0.478. The van der Waals surface area contributed by atoms with Crippen molar-refractivity contribution < 1.29 is 23.7 Å². The average Bonchev–Trinajstić information content (AvgIpc) is 2.72. The predicted molar refractivity (Wildman–Crippen MR) is 108 cm³/mol. The summed E-state index contributed by atoms with van der Waals surface area (Å²) in [6.07, 6.45) is 2.75. The summed E-state index contributed by atoms with van der Waals surface area (Å²) < 4.78 is 32.7. The van der Waals surface area contributed by atoms with Crippen LogP contribution in [0.1, 0.15) is 42.9 Å². The largest absolute Gasteiger partial charge is 0.396 e. The zero-order valence-corrected chi connectivity index (χ0v) is 16.5. The van der Waals surface area contributed by atoms with E-state index in [1.165, 1.54) is 24.3 Å². The van der Waals surface area contributed by atoms with Crippen LogP contribution in [0, 0.1) is 11.6 Å². The zero-order valence-electron chi connectivity index (χ0n) is 16.5. The first kappa shape index (κ1) is 21.8. The van der Waals surface area contributed by atoms with Crippen molar-refractivity contribution in [2.75, 3.05) is 26.3 Å². The minimum absolute atomic E-state index is 0.0990. The van der Waals surface area contributed by atoms with E-state index in [1.807, 2.05) is 0 Å². The fourth-order valence-corrected chi connectivity index (χ4v) is 3.97. The Hall–Kier alpha value is -1.86. The number of hydrogen-bond donors (Lipinski definition) is 2. The molecule has 1 aliphatic heterocycles. The molecule has 1 saturated heterocycles. The van der Waals surface area contributed by atoms with Gasteiger partial charge < -0.3 is 14.9 Å². The lowest BCUT2D eigenvalue weighted by atomic mass is 9.99. The van der Waals surface area contributed by atoms with Gasteiger partial charge in [0.2, 0.25) is 0 Å². The Balaban J connectivity index is 1.66. The van der Waals surface area contributed by atoms with Crippen LogP contribution >= 0.6 is 0 Å². The average molecular weight is 405 g/mol. The molecule has 0 saturated carbocycles. The van der Waals surface area contributed by atoms with Gasteiger partial charge in [-0.05, 0) is 61.2 Å². The molecule has 0 unspecified atom stereocenters. The van der Waals surface area contributed by atoms with Crippen molar-refractivity contribution in [1.82, 2.24) is 4.90 Å². The lowest BCUT2D eigenvalue weighted by Crippen LogP contribution is -2.45. The van der Waals surface area contributed by atoms with E-state index >= 15 is 0 Å². The smallest absolute Gasteiger partial charge is 0.123 e. The van der Waals surface area contributed by atoms with E-state index in [0.29, 0.717) is 13.0 Å². The second-order valence-electron chi connectivity index (χ2n) is 7.63. The number of halogens is 2. The van der Waals surface area contributed by atoms with Gasteiger partial charge in [0.25, 0.3) is 0 Å². The molecule has 1 aliphatic rings. The molecule has 6 heteroatoms. The highest BCUT2D eigenvalue weighted by atomic mass is 19.1. The second-order valence-corrected chi connectivity index (χ2v) is 7.63. The van der Waals surface area contributed by atoms with E-state index in [0.717, 1.165) is 36.9 Å². The van der Waals surface area contributed by atoms with Crippen molar-refractivity contribution in [3.8, 4) is 0 Å². The number of hydrogen-bond acceptors (Lipinski definition) is 4. The monoisotopic (exact) mass is 405 g/mol. The van der Waals surface area contributed by atoms with Crippen LogP contribution in [0.25, 0.3) is 0 Å². The lowest BCUT2D eigenvalue weighted by molar-refractivity contribution is -0.0203. The number of aliphatic hydroxyl groups is 2. The molecule has 0 aromatic heterocycles. The first-order valence-electron chi connectivity index (χ1n) is 10.2. The Morgan fingerprint density at radius 1 is 0.966 bits per heavy atom. The first-order chi connectivity index (χ1) is 14.1. The van der Waals surface area contributed by atoms with Crippen LogP contribution in [0.5, 0.6) is 0 Å². The number of β-amino-alcohol motifs (C(OH)–C–C–N with tert-alkyl or cyclic N) is 1. The molecule has 0 radical (unpaired) electrons. The van der Waals surface area contributed by atoms with Crippen molar-refractivity contribution in [1.29, 1.82) is 0 Å².